The fourth-order valence-electron chi connectivity index (χ4n) is 1.24. The van der Waals surface area contributed by atoms with Gasteiger partial charge in [0.05, 0.1) is 12.3 Å². The van der Waals surface area contributed by atoms with Crippen LogP contribution in [0.4, 0.5) is 5.69 Å². The molecule has 1 rings (SSSR count). The maximum Gasteiger partial charge on any atom is 0.355 e. The van der Waals surface area contributed by atoms with Crippen LogP contribution in [0.5, 0.6) is 0 Å². The highest BCUT2D eigenvalue weighted by atomic mass is 32.2. The van der Waals surface area contributed by atoms with Gasteiger partial charge < -0.3 is 15.0 Å². The zero-order chi connectivity index (χ0) is 11.3. The lowest BCUT2D eigenvalue weighted by molar-refractivity contribution is 0.0495. The fraction of sp³-hybridized carbons (Fsp3) is 0.500. The Labute approximate surface area is 93.8 Å². The van der Waals surface area contributed by atoms with E-state index in [1.54, 1.807) is 35.6 Å². The fourth-order valence-corrected chi connectivity index (χ4v) is 1.64. The molecule has 0 amide bonds. The first-order valence-electron chi connectivity index (χ1n) is 4.73. The van der Waals surface area contributed by atoms with Crippen molar-refractivity contribution in [2.75, 3.05) is 24.3 Å². The summed E-state index contributed by atoms with van der Waals surface area (Å²) in [5, 5.41) is 0. The number of hydrogen-bond acceptors (Lipinski definition) is 4. The maximum atomic E-state index is 11.5. The SMILES string of the molecule is CSCCCOC(=O)c1cc(N)cn1C. The molecule has 0 saturated carbocycles. The predicted molar refractivity (Wildman–Crippen MR) is 63.1 cm³/mol. The summed E-state index contributed by atoms with van der Waals surface area (Å²) in [6.45, 7) is 0.463. The van der Waals surface area contributed by atoms with E-state index < -0.39 is 0 Å². The topological polar surface area (TPSA) is 57.2 Å². The van der Waals surface area contributed by atoms with Gasteiger partial charge in [0.2, 0.25) is 0 Å². The smallest absolute Gasteiger partial charge is 0.355 e. The molecule has 1 heterocycles. The van der Waals surface area contributed by atoms with Gasteiger partial charge in [-0.1, -0.05) is 0 Å². The molecule has 1 aromatic rings. The number of aromatic nitrogens is 1. The predicted octanol–water partition coefficient (Wildman–Crippen LogP) is 1.52. The minimum absolute atomic E-state index is 0.310. The van der Waals surface area contributed by atoms with Crippen LogP contribution < -0.4 is 5.73 Å². The van der Waals surface area contributed by atoms with Crippen molar-refractivity contribution in [2.24, 2.45) is 7.05 Å². The largest absolute Gasteiger partial charge is 0.461 e. The number of carbonyl (C=O) groups excluding carboxylic acids is 1. The van der Waals surface area contributed by atoms with Gasteiger partial charge in [0.15, 0.2) is 0 Å². The molecular formula is C10H16N2O2S. The molecule has 0 fully saturated rings. The third-order valence-corrected chi connectivity index (χ3v) is 2.66. The van der Waals surface area contributed by atoms with Gasteiger partial charge in [-0.05, 0) is 24.5 Å². The quantitative estimate of drug-likeness (QED) is 0.613. The third kappa shape index (κ3) is 3.51. The summed E-state index contributed by atoms with van der Waals surface area (Å²) in [6, 6.07) is 1.62. The molecule has 0 aliphatic carbocycles. The minimum Gasteiger partial charge on any atom is -0.461 e. The number of rotatable bonds is 5. The summed E-state index contributed by atoms with van der Waals surface area (Å²) in [7, 11) is 1.77. The van der Waals surface area contributed by atoms with Crippen LogP contribution in [0.25, 0.3) is 0 Å². The lowest BCUT2D eigenvalue weighted by Gasteiger charge is -2.04. The highest BCUT2D eigenvalue weighted by Crippen LogP contribution is 2.10. The summed E-state index contributed by atoms with van der Waals surface area (Å²) < 4.78 is 6.77. The van der Waals surface area contributed by atoms with Crippen LogP contribution in [0.1, 0.15) is 16.9 Å². The zero-order valence-electron chi connectivity index (χ0n) is 9.03. The van der Waals surface area contributed by atoms with Crippen molar-refractivity contribution in [3.05, 3.63) is 18.0 Å². The van der Waals surface area contributed by atoms with Crippen molar-refractivity contribution in [1.82, 2.24) is 4.57 Å². The average Bonchev–Trinajstić information content (AvgIpc) is 2.52. The van der Waals surface area contributed by atoms with Crippen molar-refractivity contribution in [3.8, 4) is 0 Å². The van der Waals surface area contributed by atoms with Crippen molar-refractivity contribution in [2.45, 2.75) is 6.42 Å². The molecule has 0 atom stereocenters. The Balaban J connectivity index is 2.43. The lowest BCUT2D eigenvalue weighted by Crippen LogP contribution is -2.10. The van der Waals surface area contributed by atoms with Crippen LogP contribution in [0.2, 0.25) is 0 Å². The van der Waals surface area contributed by atoms with Crippen LogP contribution in [0.15, 0.2) is 12.3 Å². The van der Waals surface area contributed by atoms with Gasteiger partial charge in [0.25, 0.3) is 0 Å². The van der Waals surface area contributed by atoms with E-state index in [4.69, 9.17) is 10.5 Å². The van der Waals surface area contributed by atoms with Gasteiger partial charge in [-0.25, -0.2) is 4.79 Å². The first kappa shape index (κ1) is 12.0. The molecule has 0 aromatic carbocycles. The molecule has 4 nitrogen and oxygen atoms in total. The van der Waals surface area contributed by atoms with Gasteiger partial charge >= 0.3 is 5.97 Å². The van der Waals surface area contributed by atoms with E-state index in [-0.39, 0.29) is 5.97 Å². The number of nitrogen functional groups attached to an aromatic ring is 1. The van der Waals surface area contributed by atoms with E-state index in [1.165, 1.54) is 0 Å². The van der Waals surface area contributed by atoms with E-state index >= 15 is 0 Å². The van der Waals surface area contributed by atoms with E-state index in [0.717, 1.165) is 12.2 Å². The van der Waals surface area contributed by atoms with E-state index in [2.05, 4.69) is 0 Å². The maximum absolute atomic E-state index is 11.5. The van der Waals surface area contributed by atoms with Gasteiger partial charge in [-0.3, -0.25) is 0 Å². The summed E-state index contributed by atoms with van der Waals surface area (Å²) in [5.41, 5.74) is 6.64. The van der Waals surface area contributed by atoms with E-state index in [0.29, 0.717) is 18.0 Å². The number of nitrogens with zero attached hydrogens (tertiary/aromatic N) is 1. The standard InChI is InChI=1S/C10H16N2O2S/c1-12-7-8(11)6-9(12)10(13)14-4-3-5-15-2/h6-7H,3-5,11H2,1-2H3. The molecule has 0 spiro atoms. The second kappa shape index (κ2) is 5.70. The van der Waals surface area contributed by atoms with Crippen LogP contribution in [0, 0.1) is 0 Å². The first-order chi connectivity index (χ1) is 7.15. The van der Waals surface area contributed by atoms with Crippen molar-refractivity contribution < 1.29 is 9.53 Å². The second-order valence-electron chi connectivity index (χ2n) is 3.25. The Morgan fingerprint density at radius 1 is 1.67 bits per heavy atom. The normalized spacial score (nSPS) is 10.3. The van der Waals surface area contributed by atoms with Gasteiger partial charge in [0.1, 0.15) is 5.69 Å². The lowest BCUT2D eigenvalue weighted by atomic mass is 10.4. The molecule has 0 radical (unpaired) electrons. The van der Waals surface area contributed by atoms with Crippen LogP contribution in [-0.4, -0.2) is 29.2 Å². The Hall–Kier alpha value is -1.10. The number of aryl methyl sites for hydroxylation is 1. The van der Waals surface area contributed by atoms with Crippen LogP contribution in [-0.2, 0) is 11.8 Å². The number of anilines is 1. The second-order valence-corrected chi connectivity index (χ2v) is 4.24. The number of nitrogens with two attached hydrogens (primary N) is 1. The molecule has 0 aliphatic heterocycles. The third-order valence-electron chi connectivity index (χ3n) is 1.96. The molecule has 0 unspecified atom stereocenters. The summed E-state index contributed by atoms with van der Waals surface area (Å²) in [4.78, 5) is 11.5. The number of carbonyl (C=O) groups is 1. The molecule has 15 heavy (non-hydrogen) atoms. The summed E-state index contributed by atoms with van der Waals surface area (Å²) in [5.74, 6) is 0.693. The zero-order valence-corrected chi connectivity index (χ0v) is 9.84. The molecule has 84 valence electrons. The summed E-state index contributed by atoms with van der Waals surface area (Å²) in [6.07, 6.45) is 4.60. The molecule has 5 heteroatoms. The number of ether oxygens (including phenoxy) is 1. The van der Waals surface area contributed by atoms with Gasteiger partial charge in [0, 0.05) is 13.2 Å². The molecule has 0 bridgehead atoms. The van der Waals surface area contributed by atoms with Gasteiger partial charge in [-0.15, -0.1) is 0 Å². The first-order valence-corrected chi connectivity index (χ1v) is 6.12. The molecule has 1 aromatic heterocycles. The highest BCUT2D eigenvalue weighted by molar-refractivity contribution is 7.98. The van der Waals surface area contributed by atoms with Crippen LogP contribution >= 0.6 is 11.8 Å². The minimum atomic E-state index is -0.310. The number of hydrogen-bond donors (Lipinski definition) is 1. The molecular weight excluding hydrogens is 212 g/mol. The molecule has 2 N–H and O–H groups in total. The van der Waals surface area contributed by atoms with Gasteiger partial charge in [-0.2, -0.15) is 11.8 Å². The monoisotopic (exact) mass is 228 g/mol. The van der Waals surface area contributed by atoms with Crippen molar-refractivity contribution in [1.29, 1.82) is 0 Å². The average molecular weight is 228 g/mol. The highest BCUT2D eigenvalue weighted by Gasteiger charge is 2.11. The van der Waals surface area contributed by atoms with E-state index in [1.807, 2.05) is 6.26 Å². The summed E-state index contributed by atoms with van der Waals surface area (Å²) >= 11 is 1.74. The van der Waals surface area contributed by atoms with Crippen LogP contribution in [0.3, 0.4) is 0 Å². The van der Waals surface area contributed by atoms with E-state index in [9.17, 15) is 4.79 Å². The Morgan fingerprint density at radius 3 is 2.93 bits per heavy atom. The molecule has 0 aliphatic rings. The Kier molecular flexibility index (Phi) is 4.55. The molecule has 0 saturated heterocycles. The van der Waals surface area contributed by atoms with Crippen molar-refractivity contribution >= 4 is 23.4 Å². The van der Waals surface area contributed by atoms with Crippen molar-refractivity contribution in [3.63, 3.8) is 0 Å². The number of thioether (sulfide) groups is 1. The number of esters is 1. The Bertz CT molecular complexity index is 336. The Morgan fingerprint density at radius 2 is 2.40 bits per heavy atom.